The van der Waals surface area contributed by atoms with Crippen molar-refractivity contribution in [2.75, 3.05) is 47.9 Å². The summed E-state index contributed by atoms with van der Waals surface area (Å²) in [6, 6.07) is 7.57. The van der Waals surface area contributed by atoms with Crippen molar-refractivity contribution in [2.45, 2.75) is 51.9 Å². The van der Waals surface area contributed by atoms with E-state index in [0.29, 0.717) is 17.9 Å². The van der Waals surface area contributed by atoms with E-state index in [1.54, 1.807) is 0 Å². The van der Waals surface area contributed by atoms with Gasteiger partial charge in [0.2, 0.25) is 17.8 Å². The summed E-state index contributed by atoms with van der Waals surface area (Å²) in [5, 5.41) is 15.7. The molecule has 0 unspecified atom stereocenters. The first-order chi connectivity index (χ1) is 17.1. The Labute approximate surface area is 205 Å². The number of anilines is 4. The Hall–Kier alpha value is -3.40. The van der Waals surface area contributed by atoms with Crippen LogP contribution in [-0.4, -0.2) is 62.6 Å². The smallest absolute Gasteiger partial charge is 0.274 e. The number of aryl methyl sites for hydroxylation is 1. The third-order valence-electron chi connectivity index (χ3n) is 6.83. The molecule has 0 saturated carbocycles. The Morgan fingerprint density at radius 3 is 2.00 bits per heavy atom. The summed E-state index contributed by atoms with van der Waals surface area (Å²) in [5.74, 6) is 2.01. The number of hydrogen-bond donors (Lipinski definition) is 3. The van der Waals surface area contributed by atoms with E-state index in [1.807, 2.05) is 31.2 Å². The third kappa shape index (κ3) is 5.17. The third-order valence-corrected chi connectivity index (χ3v) is 6.83. The second kappa shape index (κ2) is 10.5. The van der Waals surface area contributed by atoms with E-state index in [4.69, 9.17) is 15.0 Å². The van der Waals surface area contributed by atoms with Gasteiger partial charge in [-0.2, -0.15) is 15.0 Å². The Kier molecular flexibility index (Phi) is 6.98. The number of aromatic nitrogens is 5. The number of aliphatic hydroxyl groups excluding tert-OH is 1. The lowest BCUT2D eigenvalue weighted by Crippen LogP contribution is -2.34. The van der Waals surface area contributed by atoms with Crippen molar-refractivity contribution >= 4 is 23.5 Å². The molecule has 2 aliphatic heterocycles. The second-order valence-corrected chi connectivity index (χ2v) is 9.36. The average molecular weight is 479 g/mol. The molecule has 2 saturated heterocycles. The number of nitrogens with one attached hydrogen (secondary N) is 2. The van der Waals surface area contributed by atoms with Gasteiger partial charge in [0.15, 0.2) is 0 Å². The molecule has 3 aromatic rings. The fourth-order valence-electron chi connectivity index (χ4n) is 4.87. The predicted molar refractivity (Wildman–Crippen MR) is 137 cm³/mol. The first-order valence-electron chi connectivity index (χ1n) is 12.7. The largest absolute Gasteiger partial charge is 0.396 e. The molecule has 1 aromatic carbocycles. The van der Waals surface area contributed by atoms with E-state index in [2.05, 4.69) is 20.2 Å². The number of aliphatic hydroxyl groups is 1. The summed E-state index contributed by atoms with van der Waals surface area (Å²) in [4.78, 5) is 31.6. The van der Waals surface area contributed by atoms with Gasteiger partial charge in [-0.1, -0.05) is 0 Å². The van der Waals surface area contributed by atoms with Crippen LogP contribution >= 0.6 is 0 Å². The van der Waals surface area contributed by atoms with Crippen LogP contribution in [0.25, 0.3) is 5.69 Å². The molecule has 0 aliphatic carbocycles. The molecule has 10 heteroatoms. The summed E-state index contributed by atoms with van der Waals surface area (Å²) in [6.07, 6.45) is 7.48. The van der Waals surface area contributed by atoms with Gasteiger partial charge in [-0.15, -0.1) is 0 Å². The van der Waals surface area contributed by atoms with Crippen LogP contribution in [0.1, 0.15) is 49.8 Å². The Morgan fingerprint density at radius 1 is 0.886 bits per heavy atom. The zero-order chi connectivity index (χ0) is 24.2. The maximum absolute atomic E-state index is 12.7. The van der Waals surface area contributed by atoms with E-state index in [9.17, 15) is 9.90 Å². The van der Waals surface area contributed by atoms with Gasteiger partial charge in [0.1, 0.15) is 0 Å². The van der Waals surface area contributed by atoms with Gasteiger partial charge in [0.25, 0.3) is 5.56 Å². The standard InChI is InChI=1S/C25H34N8O2/c1-18-21(12-17-34)22(35)33(30-18)20-10-8-19(9-11-20)26-23-27-24(31-13-4-2-5-14-31)29-25(28-23)32-15-6-3-7-16-32/h8-11,30,34H,2-7,12-17H2,1H3,(H,26,27,28,29). The van der Waals surface area contributed by atoms with E-state index < -0.39 is 0 Å². The first-order valence-corrected chi connectivity index (χ1v) is 12.7. The summed E-state index contributed by atoms with van der Waals surface area (Å²) in [5.41, 5.74) is 2.81. The molecular weight excluding hydrogens is 444 g/mol. The second-order valence-electron chi connectivity index (χ2n) is 9.36. The Morgan fingerprint density at radius 2 is 1.46 bits per heavy atom. The number of H-pyrrole nitrogens is 1. The van der Waals surface area contributed by atoms with Crippen LogP contribution in [0.4, 0.5) is 23.5 Å². The van der Waals surface area contributed by atoms with Crippen molar-refractivity contribution < 1.29 is 5.11 Å². The lowest BCUT2D eigenvalue weighted by Gasteiger charge is -2.30. The number of rotatable bonds is 7. The van der Waals surface area contributed by atoms with Crippen molar-refractivity contribution in [3.05, 3.63) is 45.9 Å². The van der Waals surface area contributed by atoms with Gasteiger partial charge in [0, 0.05) is 56.2 Å². The number of piperidine rings is 2. The van der Waals surface area contributed by atoms with Gasteiger partial charge in [0.05, 0.1) is 5.69 Å². The first kappa shape index (κ1) is 23.3. The van der Waals surface area contributed by atoms with Crippen molar-refractivity contribution in [1.82, 2.24) is 24.7 Å². The molecule has 5 rings (SSSR count). The Balaban J connectivity index is 1.40. The normalized spacial score (nSPS) is 16.5. The van der Waals surface area contributed by atoms with Crippen molar-refractivity contribution in [1.29, 1.82) is 0 Å². The minimum Gasteiger partial charge on any atom is -0.396 e. The fraction of sp³-hybridized carbons (Fsp3) is 0.520. The highest BCUT2D eigenvalue weighted by atomic mass is 16.3. The molecule has 186 valence electrons. The number of hydrogen-bond acceptors (Lipinski definition) is 8. The fourth-order valence-corrected chi connectivity index (χ4v) is 4.87. The maximum Gasteiger partial charge on any atom is 0.274 e. The van der Waals surface area contributed by atoms with Gasteiger partial charge in [-0.05, 0) is 69.7 Å². The highest BCUT2D eigenvalue weighted by Crippen LogP contribution is 2.24. The van der Waals surface area contributed by atoms with E-state index in [1.165, 1.54) is 17.5 Å². The molecule has 0 amide bonds. The monoisotopic (exact) mass is 478 g/mol. The SMILES string of the molecule is Cc1[nH]n(-c2ccc(Nc3nc(N4CCCCC4)nc(N4CCCCC4)n3)cc2)c(=O)c1CCO. The quantitative estimate of drug-likeness (QED) is 0.475. The van der Waals surface area contributed by atoms with Gasteiger partial charge in [-0.25, -0.2) is 4.68 Å². The van der Waals surface area contributed by atoms with Gasteiger partial charge in [-0.3, -0.25) is 9.89 Å². The number of nitrogens with zero attached hydrogens (tertiary/aromatic N) is 6. The molecule has 0 atom stereocenters. The number of benzene rings is 1. The topological polar surface area (TPSA) is 115 Å². The Bertz CT molecular complexity index is 1150. The number of aromatic amines is 1. The molecule has 2 aliphatic rings. The molecule has 0 spiro atoms. The summed E-state index contributed by atoms with van der Waals surface area (Å²) in [7, 11) is 0. The predicted octanol–water partition coefficient (Wildman–Crippen LogP) is 2.92. The van der Waals surface area contributed by atoms with Crippen LogP contribution < -0.4 is 20.7 Å². The van der Waals surface area contributed by atoms with Crippen molar-refractivity contribution in [3.8, 4) is 5.69 Å². The molecular formula is C25H34N8O2. The lowest BCUT2D eigenvalue weighted by atomic mass is 10.1. The van der Waals surface area contributed by atoms with E-state index in [0.717, 1.165) is 80.8 Å². The van der Waals surface area contributed by atoms with E-state index >= 15 is 0 Å². The van der Waals surface area contributed by atoms with Crippen molar-refractivity contribution in [3.63, 3.8) is 0 Å². The van der Waals surface area contributed by atoms with E-state index in [-0.39, 0.29) is 12.2 Å². The van der Waals surface area contributed by atoms with Crippen LogP contribution in [0.5, 0.6) is 0 Å². The van der Waals surface area contributed by atoms with Crippen LogP contribution in [0.3, 0.4) is 0 Å². The van der Waals surface area contributed by atoms with Crippen molar-refractivity contribution in [2.24, 2.45) is 0 Å². The minimum absolute atomic E-state index is 0.0540. The molecule has 4 heterocycles. The molecule has 0 bridgehead atoms. The summed E-state index contributed by atoms with van der Waals surface area (Å²) >= 11 is 0. The summed E-state index contributed by atoms with van der Waals surface area (Å²) < 4.78 is 1.51. The van der Waals surface area contributed by atoms with Crippen LogP contribution in [-0.2, 0) is 6.42 Å². The van der Waals surface area contributed by atoms with Crippen LogP contribution in [0, 0.1) is 6.92 Å². The van der Waals surface area contributed by atoms with Crippen LogP contribution in [0.2, 0.25) is 0 Å². The van der Waals surface area contributed by atoms with Gasteiger partial charge >= 0.3 is 0 Å². The minimum atomic E-state index is -0.132. The zero-order valence-electron chi connectivity index (χ0n) is 20.3. The average Bonchev–Trinajstić information content (AvgIpc) is 3.19. The molecule has 3 N–H and O–H groups in total. The molecule has 2 fully saturated rings. The highest BCUT2D eigenvalue weighted by Gasteiger charge is 2.20. The van der Waals surface area contributed by atoms with Gasteiger partial charge < -0.3 is 20.2 Å². The molecule has 35 heavy (non-hydrogen) atoms. The molecule has 10 nitrogen and oxygen atoms in total. The lowest BCUT2D eigenvalue weighted by molar-refractivity contribution is 0.299. The highest BCUT2D eigenvalue weighted by molar-refractivity contribution is 5.58. The molecule has 0 radical (unpaired) electrons. The zero-order valence-corrected chi connectivity index (χ0v) is 20.3. The molecule has 2 aromatic heterocycles. The summed E-state index contributed by atoms with van der Waals surface area (Å²) in [6.45, 7) is 5.68. The maximum atomic E-state index is 12.7. The van der Waals surface area contributed by atoms with Crippen LogP contribution in [0.15, 0.2) is 29.1 Å².